The monoisotopic (exact) mass is 521 g/mol. The van der Waals surface area contributed by atoms with Gasteiger partial charge < -0.3 is 19.9 Å². The summed E-state index contributed by atoms with van der Waals surface area (Å²) >= 11 is 0. The third-order valence-electron chi connectivity index (χ3n) is 6.29. The fourth-order valence-electron chi connectivity index (χ4n) is 4.30. The third kappa shape index (κ3) is 7.24. The van der Waals surface area contributed by atoms with E-state index < -0.39 is 0 Å². The molecule has 0 atom stereocenters. The number of rotatable bonds is 7. The molecule has 0 radical (unpaired) electrons. The van der Waals surface area contributed by atoms with E-state index in [0.717, 1.165) is 97.2 Å². The SMILES string of the molecule is CCNC(=NCCN1CCN(C(=O)C2CCC2)CC1)N1CCC(OCC)CC1.I. The molecule has 3 aliphatic rings. The molecule has 7 nitrogen and oxygen atoms in total. The summed E-state index contributed by atoms with van der Waals surface area (Å²) in [6.45, 7) is 13.4. The molecule has 0 aromatic carbocycles. The van der Waals surface area contributed by atoms with E-state index in [1.807, 2.05) is 0 Å². The third-order valence-corrected chi connectivity index (χ3v) is 6.29. The van der Waals surface area contributed by atoms with Gasteiger partial charge in [0.25, 0.3) is 0 Å². The van der Waals surface area contributed by atoms with Crippen LogP contribution in [0.15, 0.2) is 4.99 Å². The van der Waals surface area contributed by atoms with Crippen molar-refractivity contribution in [3.63, 3.8) is 0 Å². The Kier molecular flexibility index (Phi) is 11.0. The number of amides is 1. The van der Waals surface area contributed by atoms with Gasteiger partial charge in [0.2, 0.25) is 5.91 Å². The molecule has 8 heteroatoms. The number of likely N-dealkylation sites (tertiary alicyclic amines) is 1. The molecule has 2 aliphatic heterocycles. The molecule has 1 aliphatic carbocycles. The Morgan fingerprint density at radius 3 is 2.24 bits per heavy atom. The summed E-state index contributed by atoms with van der Waals surface area (Å²) in [6.07, 6.45) is 5.99. The number of halogens is 1. The quantitative estimate of drug-likeness (QED) is 0.316. The van der Waals surface area contributed by atoms with E-state index in [0.29, 0.717) is 17.9 Å². The van der Waals surface area contributed by atoms with Crippen molar-refractivity contribution in [2.75, 3.05) is 65.5 Å². The van der Waals surface area contributed by atoms with Gasteiger partial charge in [0.15, 0.2) is 5.96 Å². The summed E-state index contributed by atoms with van der Waals surface area (Å²) in [5.74, 6) is 1.76. The largest absolute Gasteiger partial charge is 0.378 e. The van der Waals surface area contributed by atoms with E-state index in [9.17, 15) is 4.79 Å². The minimum Gasteiger partial charge on any atom is -0.378 e. The first-order valence-corrected chi connectivity index (χ1v) is 11.4. The van der Waals surface area contributed by atoms with Gasteiger partial charge in [-0.1, -0.05) is 6.42 Å². The van der Waals surface area contributed by atoms with Gasteiger partial charge in [-0.25, -0.2) is 0 Å². The van der Waals surface area contributed by atoms with Crippen molar-refractivity contribution in [3.05, 3.63) is 0 Å². The first kappa shape index (κ1) is 24.7. The number of guanidine groups is 1. The Balaban J connectivity index is 0.00000300. The number of nitrogens with one attached hydrogen (secondary N) is 1. The van der Waals surface area contributed by atoms with Crippen LogP contribution in [-0.4, -0.2) is 98.2 Å². The molecule has 0 bridgehead atoms. The molecule has 1 amide bonds. The first-order chi connectivity index (χ1) is 13.7. The standard InChI is InChI=1S/C21H39N5O2.HI/c1-3-22-21(26-11-8-19(9-12-26)28-4-2)23-10-13-24-14-16-25(17-15-24)20(27)18-6-5-7-18;/h18-19H,3-17H2,1-2H3,(H,22,23);1H. The predicted molar refractivity (Wildman–Crippen MR) is 128 cm³/mol. The average molecular weight is 521 g/mol. The number of hydrogen-bond donors (Lipinski definition) is 1. The molecule has 168 valence electrons. The number of ether oxygens (including phenoxy) is 1. The summed E-state index contributed by atoms with van der Waals surface area (Å²) in [4.78, 5) is 24.1. The Morgan fingerprint density at radius 1 is 1.00 bits per heavy atom. The lowest BCUT2D eigenvalue weighted by molar-refractivity contribution is -0.139. The lowest BCUT2D eigenvalue weighted by atomic mass is 9.84. The summed E-state index contributed by atoms with van der Waals surface area (Å²) in [6, 6.07) is 0. The number of hydrogen-bond acceptors (Lipinski definition) is 4. The summed E-state index contributed by atoms with van der Waals surface area (Å²) in [5.41, 5.74) is 0. The molecule has 0 unspecified atom stereocenters. The van der Waals surface area contributed by atoms with Gasteiger partial charge in [-0.05, 0) is 39.5 Å². The highest BCUT2D eigenvalue weighted by Gasteiger charge is 2.31. The molecule has 29 heavy (non-hydrogen) atoms. The van der Waals surface area contributed by atoms with Gasteiger partial charge in [0.05, 0.1) is 12.6 Å². The summed E-state index contributed by atoms with van der Waals surface area (Å²) < 4.78 is 5.76. The van der Waals surface area contributed by atoms with Crippen molar-refractivity contribution >= 4 is 35.8 Å². The summed E-state index contributed by atoms with van der Waals surface area (Å²) in [5, 5.41) is 3.45. The van der Waals surface area contributed by atoms with Crippen LogP contribution in [0.1, 0.15) is 46.0 Å². The highest BCUT2D eigenvalue weighted by atomic mass is 127. The number of aliphatic imine (C=N–C) groups is 1. The van der Waals surface area contributed by atoms with Gasteiger partial charge in [-0.2, -0.15) is 0 Å². The number of carbonyl (C=O) groups is 1. The second-order valence-electron chi connectivity index (χ2n) is 8.17. The van der Waals surface area contributed by atoms with Crippen LogP contribution in [0.4, 0.5) is 0 Å². The first-order valence-electron chi connectivity index (χ1n) is 11.4. The lowest BCUT2D eigenvalue weighted by Crippen LogP contribution is -2.51. The Morgan fingerprint density at radius 2 is 1.69 bits per heavy atom. The molecule has 3 fully saturated rings. The van der Waals surface area contributed by atoms with Crippen LogP contribution in [0.25, 0.3) is 0 Å². The van der Waals surface area contributed by atoms with Gasteiger partial charge in [-0.3, -0.25) is 14.7 Å². The molecule has 2 saturated heterocycles. The van der Waals surface area contributed by atoms with Gasteiger partial charge in [0.1, 0.15) is 0 Å². The fraction of sp³-hybridized carbons (Fsp3) is 0.905. The lowest BCUT2D eigenvalue weighted by Gasteiger charge is -2.38. The van der Waals surface area contributed by atoms with E-state index in [1.54, 1.807) is 0 Å². The Labute approximate surface area is 193 Å². The zero-order valence-corrected chi connectivity index (χ0v) is 20.6. The van der Waals surface area contributed by atoms with Crippen LogP contribution in [-0.2, 0) is 9.53 Å². The molecule has 2 heterocycles. The molecule has 0 spiro atoms. The molecule has 3 rings (SSSR count). The van der Waals surface area contributed by atoms with Crippen molar-refractivity contribution in [3.8, 4) is 0 Å². The maximum Gasteiger partial charge on any atom is 0.225 e. The van der Waals surface area contributed by atoms with Crippen molar-refractivity contribution in [1.29, 1.82) is 0 Å². The zero-order chi connectivity index (χ0) is 19.8. The van der Waals surface area contributed by atoms with E-state index >= 15 is 0 Å². The molecule has 0 aromatic rings. The molecule has 1 N–H and O–H groups in total. The molecule has 1 saturated carbocycles. The minimum atomic E-state index is 0. The van der Waals surface area contributed by atoms with Gasteiger partial charge >= 0.3 is 0 Å². The highest BCUT2D eigenvalue weighted by Crippen LogP contribution is 2.28. The van der Waals surface area contributed by atoms with Crippen LogP contribution < -0.4 is 5.32 Å². The van der Waals surface area contributed by atoms with E-state index in [-0.39, 0.29) is 24.0 Å². The molecular weight excluding hydrogens is 481 g/mol. The smallest absolute Gasteiger partial charge is 0.225 e. The van der Waals surface area contributed by atoms with E-state index in [1.165, 1.54) is 6.42 Å². The number of piperidine rings is 1. The van der Waals surface area contributed by atoms with Crippen molar-refractivity contribution in [2.24, 2.45) is 10.9 Å². The van der Waals surface area contributed by atoms with E-state index in [2.05, 4.69) is 33.9 Å². The number of carbonyl (C=O) groups excluding carboxylic acids is 1. The summed E-state index contributed by atoms with van der Waals surface area (Å²) in [7, 11) is 0. The molecular formula is C21H40IN5O2. The van der Waals surface area contributed by atoms with Crippen molar-refractivity contribution in [2.45, 2.75) is 52.1 Å². The van der Waals surface area contributed by atoms with E-state index in [4.69, 9.17) is 9.73 Å². The van der Waals surface area contributed by atoms with Crippen LogP contribution in [0, 0.1) is 5.92 Å². The van der Waals surface area contributed by atoms with Crippen molar-refractivity contribution in [1.82, 2.24) is 20.0 Å². The second-order valence-corrected chi connectivity index (χ2v) is 8.17. The minimum absolute atomic E-state index is 0. The zero-order valence-electron chi connectivity index (χ0n) is 18.3. The maximum absolute atomic E-state index is 12.4. The second kappa shape index (κ2) is 12.9. The topological polar surface area (TPSA) is 60.4 Å². The Bertz CT molecular complexity index is 513. The highest BCUT2D eigenvalue weighted by molar-refractivity contribution is 14.0. The van der Waals surface area contributed by atoms with Crippen LogP contribution in [0.2, 0.25) is 0 Å². The van der Waals surface area contributed by atoms with Crippen LogP contribution in [0.5, 0.6) is 0 Å². The normalized spacial score (nSPS) is 22.2. The van der Waals surface area contributed by atoms with Crippen molar-refractivity contribution < 1.29 is 9.53 Å². The van der Waals surface area contributed by atoms with Crippen LogP contribution >= 0.6 is 24.0 Å². The predicted octanol–water partition coefficient (Wildman–Crippen LogP) is 2.02. The number of piperazine rings is 1. The average Bonchev–Trinajstić information content (AvgIpc) is 2.67. The molecule has 0 aromatic heterocycles. The van der Waals surface area contributed by atoms with Gasteiger partial charge in [0, 0.05) is 64.9 Å². The Hall–Kier alpha value is -0.610. The maximum atomic E-state index is 12.4. The van der Waals surface area contributed by atoms with Gasteiger partial charge in [-0.15, -0.1) is 24.0 Å². The fourth-order valence-corrected chi connectivity index (χ4v) is 4.30. The van der Waals surface area contributed by atoms with Crippen LogP contribution in [0.3, 0.4) is 0 Å². The number of nitrogens with zero attached hydrogens (tertiary/aromatic N) is 4.